The Morgan fingerprint density at radius 3 is 2.60 bits per heavy atom. The van der Waals surface area contributed by atoms with Gasteiger partial charge in [-0.1, -0.05) is 18.2 Å². The third kappa shape index (κ3) is 4.19. The van der Waals surface area contributed by atoms with E-state index in [-0.39, 0.29) is 6.42 Å². The van der Waals surface area contributed by atoms with Gasteiger partial charge in [-0.25, -0.2) is 4.79 Å². The Hall–Kier alpha value is -3.23. The highest BCUT2D eigenvalue weighted by atomic mass is 16.5. The maximum Gasteiger partial charge on any atom is 0.326 e. The van der Waals surface area contributed by atoms with Gasteiger partial charge in [0, 0.05) is 12.6 Å². The number of fused-ring (bicyclic) bond motifs is 1. The molecular weight excluding hydrogens is 330 g/mol. The minimum absolute atomic E-state index is 0.00189. The van der Waals surface area contributed by atoms with E-state index in [0.717, 1.165) is 4.90 Å². The molecule has 0 fully saturated rings. The van der Waals surface area contributed by atoms with Gasteiger partial charge < -0.3 is 10.1 Å². The van der Waals surface area contributed by atoms with Crippen molar-refractivity contribution in [3.63, 3.8) is 0 Å². The van der Waals surface area contributed by atoms with E-state index in [9.17, 15) is 24.0 Å². The lowest BCUT2D eigenvalue weighted by Gasteiger charge is -2.26. The van der Waals surface area contributed by atoms with Gasteiger partial charge in [-0.05, 0) is 18.6 Å². The smallest absolute Gasteiger partial charge is 0.326 e. The van der Waals surface area contributed by atoms with Crippen LogP contribution >= 0.6 is 0 Å². The summed E-state index contributed by atoms with van der Waals surface area (Å²) in [5.74, 6) is -2.87. The van der Waals surface area contributed by atoms with Crippen molar-refractivity contribution in [1.82, 2.24) is 15.5 Å². The third-order valence-electron chi connectivity index (χ3n) is 3.56. The number of nitrogens with one attached hydrogen (secondary N) is 2. The molecule has 0 radical (unpaired) electrons. The molecule has 9 heteroatoms. The quantitative estimate of drug-likeness (QED) is 0.564. The molecule has 1 aliphatic heterocycles. The zero-order chi connectivity index (χ0) is 18.6. The van der Waals surface area contributed by atoms with Crippen molar-refractivity contribution in [2.24, 2.45) is 0 Å². The Balaban J connectivity index is 1.98. The lowest BCUT2D eigenvalue weighted by atomic mass is 9.98. The molecule has 0 bridgehead atoms. The van der Waals surface area contributed by atoms with Crippen LogP contribution in [0.4, 0.5) is 4.79 Å². The van der Waals surface area contributed by atoms with E-state index in [1.165, 1.54) is 14.0 Å². The summed E-state index contributed by atoms with van der Waals surface area (Å²) in [6, 6.07) is 5.88. The Morgan fingerprint density at radius 1 is 1.24 bits per heavy atom. The monoisotopic (exact) mass is 347 g/mol. The molecule has 0 aliphatic carbocycles. The Morgan fingerprint density at radius 2 is 1.92 bits per heavy atom. The third-order valence-corrected chi connectivity index (χ3v) is 3.56. The molecule has 5 amide bonds. The van der Waals surface area contributed by atoms with Crippen molar-refractivity contribution in [2.45, 2.75) is 19.4 Å². The highest BCUT2D eigenvalue weighted by Gasteiger charge is 2.33. The van der Waals surface area contributed by atoms with Crippen LogP contribution < -0.4 is 10.6 Å². The first kappa shape index (κ1) is 18.1. The first-order chi connectivity index (χ1) is 11.8. The van der Waals surface area contributed by atoms with Crippen molar-refractivity contribution < 1.29 is 28.7 Å². The maximum atomic E-state index is 12.3. The number of rotatable bonds is 4. The second-order valence-electron chi connectivity index (χ2n) is 5.32. The number of esters is 1. The predicted molar refractivity (Wildman–Crippen MR) is 84.3 cm³/mol. The van der Waals surface area contributed by atoms with Crippen LogP contribution in [0.3, 0.4) is 0 Å². The van der Waals surface area contributed by atoms with Gasteiger partial charge >= 0.3 is 12.0 Å². The molecule has 1 aromatic rings. The van der Waals surface area contributed by atoms with Crippen molar-refractivity contribution in [2.75, 3.05) is 13.6 Å². The van der Waals surface area contributed by atoms with E-state index in [4.69, 9.17) is 4.74 Å². The van der Waals surface area contributed by atoms with Gasteiger partial charge in [0.15, 0.2) is 6.10 Å². The molecule has 132 valence electrons. The highest BCUT2D eigenvalue weighted by molar-refractivity contribution is 6.11. The number of hydrogen-bond donors (Lipinski definition) is 2. The van der Waals surface area contributed by atoms with Crippen LogP contribution in [0.5, 0.6) is 0 Å². The van der Waals surface area contributed by atoms with Gasteiger partial charge in [-0.3, -0.25) is 29.4 Å². The Kier molecular flexibility index (Phi) is 5.48. The summed E-state index contributed by atoms with van der Waals surface area (Å²) in [5.41, 5.74) is 0.945. The fraction of sp³-hybridized carbons (Fsp3) is 0.312. The minimum Gasteiger partial charge on any atom is -0.451 e. The Bertz CT molecular complexity index is 745. The van der Waals surface area contributed by atoms with E-state index >= 15 is 0 Å². The fourth-order valence-electron chi connectivity index (χ4n) is 2.25. The molecule has 1 atom stereocenters. The van der Waals surface area contributed by atoms with E-state index < -0.39 is 42.4 Å². The van der Waals surface area contributed by atoms with E-state index in [2.05, 4.69) is 5.32 Å². The molecule has 0 unspecified atom stereocenters. The van der Waals surface area contributed by atoms with Crippen LogP contribution in [0, 0.1) is 0 Å². The van der Waals surface area contributed by atoms with Crippen LogP contribution in [-0.2, 0) is 25.5 Å². The number of hydrogen-bond acceptors (Lipinski definition) is 6. The second-order valence-corrected chi connectivity index (χ2v) is 5.32. The van der Waals surface area contributed by atoms with Gasteiger partial charge in [0.2, 0.25) is 5.91 Å². The Labute approximate surface area is 143 Å². The molecule has 2 N–H and O–H groups in total. The molecule has 0 saturated heterocycles. The molecular formula is C16H17N3O6. The topological polar surface area (TPSA) is 122 Å². The zero-order valence-corrected chi connectivity index (χ0v) is 13.7. The van der Waals surface area contributed by atoms with Crippen LogP contribution in [0.2, 0.25) is 0 Å². The van der Waals surface area contributed by atoms with Gasteiger partial charge in [0.05, 0.1) is 6.42 Å². The van der Waals surface area contributed by atoms with E-state index in [1.807, 2.05) is 5.32 Å². The largest absolute Gasteiger partial charge is 0.451 e. The maximum absolute atomic E-state index is 12.3. The minimum atomic E-state index is -1.26. The average Bonchev–Trinajstić information content (AvgIpc) is 2.58. The van der Waals surface area contributed by atoms with Gasteiger partial charge in [-0.2, -0.15) is 0 Å². The number of nitrogens with zero attached hydrogens (tertiary/aromatic N) is 1. The number of carbonyl (C=O) groups excluding carboxylic acids is 5. The van der Waals surface area contributed by atoms with Crippen molar-refractivity contribution in [1.29, 1.82) is 0 Å². The summed E-state index contributed by atoms with van der Waals surface area (Å²) >= 11 is 0. The highest BCUT2D eigenvalue weighted by Crippen LogP contribution is 2.19. The van der Waals surface area contributed by atoms with Crippen molar-refractivity contribution >= 4 is 29.7 Å². The predicted octanol–water partition coefficient (Wildman–Crippen LogP) is -0.401. The summed E-state index contributed by atoms with van der Waals surface area (Å²) in [6.45, 7) is 0.662. The van der Waals surface area contributed by atoms with Gasteiger partial charge in [0.1, 0.15) is 6.54 Å². The van der Waals surface area contributed by atoms with Crippen molar-refractivity contribution in [3.8, 4) is 0 Å². The second kappa shape index (κ2) is 7.56. The number of urea groups is 1. The number of imide groups is 2. The first-order valence-corrected chi connectivity index (χ1v) is 7.48. The van der Waals surface area contributed by atoms with Crippen LogP contribution in [0.15, 0.2) is 24.3 Å². The molecule has 0 aromatic heterocycles. The molecule has 1 aromatic carbocycles. The van der Waals surface area contributed by atoms with Crippen molar-refractivity contribution in [3.05, 3.63) is 35.4 Å². The summed E-state index contributed by atoms with van der Waals surface area (Å²) < 4.78 is 4.87. The van der Waals surface area contributed by atoms with E-state index in [0.29, 0.717) is 11.1 Å². The van der Waals surface area contributed by atoms with Crippen LogP contribution in [0.25, 0.3) is 0 Å². The summed E-state index contributed by atoms with van der Waals surface area (Å²) in [4.78, 5) is 59.8. The molecule has 1 aliphatic rings. The van der Waals surface area contributed by atoms with Gasteiger partial charge in [0.25, 0.3) is 11.8 Å². The molecule has 0 saturated carbocycles. The van der Waals surface area contributed by atoms with Crippen LogP contribution in [0.1, 0.15) is 22.8 Å². The summed E-state index contributed by atoms with van der Waals surface area (Å²) in [5, 5.41) is 4.14. The molecule has 0 spiro atoms. The molecule has 1 heterocycles. The zero-order valence-electron chi connectivity index (χ0n) is 13.7. The average molecular weight is 347 g/mol. The molecule has 9 nitrogen and oxygen atoms in total. The summed E-state index contributed by atoms with van der Waals surface area (Å²) in [7, 11) is 1.32. The molecule has 2 rings (SSSR count). The molecule has 25 heavy (non-hydrogen) atoms. The van der Waals surface area contributed by atoms with Crippen LogP contribution in [-0.4, -0.2) is 54.3 Å². The fourth-order valence-corrected chi connectivity index (χ4v) is 2.25. The lowest BCUT2D eigenvalue weighted by Crippen LogP contribution is -2.47. The lowest BCUT2D eigenvalue weighted by molar-refractivity contribution is -0.156. The number of amides is 5. The number of benzene rings is 1. The number of carbonyl (C=O) groups is 5. The van der Waals surface area contributed by atoms with Gasteiger partial charge in [-0.15, -0.1) is 0 Å². The standard InChI is InChI=1S/C16H17N3O6/c1-9(14(22)18-16(24)17-2)25-13(21)8-19-12(20)7-10-5-3-4-6-11(10)15(19)23/h3-6,9H,7-8H2,1-2H3,(H2,17,18,22,24)/t9-/m1/s1. The van der Waals surface area contributed by atoms with E-state index in [1.54, 1.807) is 24.3 Å². The number of ether oxygens (including phenoxy) is 1. The normalized spacial score (nSPS) is 14.4. The summed E-state index contributed by atoms with van der Waals surface area (Å²) in [6.07, 6.45) is -1.26. The first-order valence-electron chi connectivity index (χ1n) is 7.48. The SMILES string of the molecule is CNC(=O)NC(=O)[C@@H](C)OC(=O)CN1C(=O)Cc2ccccc2C1=O.